The molecule has 26 heavy (non-hydrogen) atoms. The first-order valence-corrected chi connectivity index (χ1v) is 8.45. The molecule has 1 saturated carbocycles. The predicted octanol–water partition coefficient (Wildman–Crippen LogP) is 2.86. The van der Waals surface area contributed by atoms with Gasteiger partial charge in [0.25, 0.3) is 11.8 Å². The van der Waals surface area contributed by atoms with Crippen molar-refractivity contribution in [2.75, 3.05) is 5.32 Å². The van der Waals surface area contributed by atoms with Crippen LogP contribution >= 0.6 is 0 Å². The van der Waals surface area contributed by atoms with E-state index in [1.807, 2.05) is 6.07 Å². The summed E-state index contributed by atoms with van der Waals surface area (Å²) in [7, 11) is 0. The van der Waals surface area contributed by atoms with Crippen molar-refractivity contribution in [3.8, 4) is 11.8 Å². The molecular weight excluding hydrogens is 330 g/mol. The van der Waals surface area contributed by atoms with Crippen LogP contribution in [-0.2, 0) is 4.79 Å². The van der Waals surface area contributed by atoms with E-state index in [1.54, 1.807) is 55.5 Å². The number of hydrogen-bond donors (Lipinski definition) is 2. The van der Waals surface area contributed by atoms with E-state index in [0.29, 0.717) is 22.6 Å². The highest BCUT2D eigenvalue weighted by atomic mass is 16.5. The third kappa shape index (κ3) is 4.19. The molecular formula is C20H19N3O3. The number of anilines is 1. The van der Waals surface area contributed by atoms with Gasteiger partial charge in [0.1, 0.15) is 11.8 Å². The molecule has 0 radical (unpaired) electrons. The summed E-state index contributed by atoms with van der Waals surface area (Å²) >= 11 is 0. The Morgan fingerprint density at radius 2 is 1.85 bits per heavy atom. The van der Waals surface area contributed by atoms with Gasteiger partial charge in [-0.25, -0.2) is 0 Å². The minimum Gasteiger partial charge on any atom is -0.480 e. The molecule has 0 bridgehead atoms. The fourth-order valence-corrected chi connectivity index (χ4v) is 2.42. The topological polar surface area (TPSA) is 91.2 Å². The Hall–Kier alpha value is -3.33. The maximum atomic E-state index is 12.5. The fraction of sp³-hybridized carbons (Fsp3) is 0.250. The van der Waals surface area contributed by atoms with Crippen molar-refractivity contribution < 1.29 is 14.3 Å². The Labute approximate surface area is 151 Å². The molecule has 1 unspecified atom stereocenters. The van der Waals surface area contributed by atoms with E-state index in [1.165, 1.54) is 0 Å². The highest BCUT2D eigenvalue weighted by Gasteiger charge is 2.25. The van der Waals surface area contributed by atoms with Gasteiger partial charge in [0.15, 0.2) is 6.10 Å². The van der Waals surface area contributed by atoms with Gasteiger partial charge in [-0.3, -0.25) is 9.59 Å². The molecule has 0 saturated heterocycles. The summed E-state index contributed by atoms with van der Waals surface area (Å²) in [4.78, 5) is 24.8. The molecule has 6 heteroatoms. The molecule has 0 aliphatic heterocycles. The summed E-state index contributed by atoms with van der Waals surface area (Å²) in [5.41, 5.74) is 1.20. The fourth-order valence-electron chi connectivity index (χ4n) is 2.42. The van der Waals surface area contributed by atoms with Crippen LogP contribution in [0.15, 0.2) is 48.5 Å². The van der Waals surface area contributed by atoms with E-state index < -0.39 is 12.0 Å². The lowest BCUT2D eigenvalue weighted by Gasteiger charge is -2.17. The predicted molar refractivity (Wildman–Crippen MR) is 96.8 cm³/mol. The van der Waals surface area contributed by atoms with Crippen LogP contribution in [0.25, 0.3) is 0 Å². The molecule has 1 fully saturated rings. The molecule has 0 heterocycles. The van der Waals surface area contributed by atoms with Crippen LogP contribution in [0.5, 0.6) is 5.75 Å². The first kappa shape index (κ1) is 17.5. The number of benzene rings is 2. The Balaban J connectivity index is 1.69. The average Bonchev–Trinajstić information content (AvgIpc) is 3.46. The molecule has 0 aromatic heterocycles. The molecule has 0 spiro atoms. The van der Waals surface area contributed by atoms with Gasteiger partial charge in [0, 0.05) is 6.04 Å². The van der Waals surface area contributed by atoms with Crippen molar-refractivity contribution in [1.82, 2.24) is 5.32 Å². The molecule has 1 aliphatic rings. The smallest absolute Gasteiger partial charge is 0.265 e. The largest absolute Gasteiger partial charge is 0.480 e. The minimum atomic E-state index is -0.830. The number of rotatable bonds is 6. The molecule has 1 aliphatic carbocycles. The van der Waals surface area contributed by atoms with Crippen molar-refractivity contribution in [2.45, 2.75) is 31.9 Å². The zero-order valence-electron chi connectivity index (χ0n) is 14.4. The van der Waals surface area contributed by atoms with Crippen molar-refractivity contribution in [3.63, 3.8) is 0 Å². The molecule has 2 N–H and O–H groups in total. The normalized spacial score (nSPS) is 14.0. The van der Waals surface area contributed by atoms with Gasteiger partial charge in [0.05, 0.1) is 16.8 Å². The SMILES string of the molecule is CC(Oc1ccccc1C#N)C(=O)Nc1ccccc1C(=O)NC1CC1. The van der Waals surface area contributed by atoms with E-state index in [9.17, 15) is 9.59 Å². The van der Waals surface area contributed by atoms with Crippen LogP contribution in [-0.4, -0.2) is 24.0 Å². The summed E-state index contributed by atoms with van der Waals surface area (Å²) in [5.74, 6) is -0.256. The highest BCUT2D eigenvalue weighted by Crippen LogP contribution is 2.22. The van der Waals surface area contributed by atoms with E-state index in [4.69, 9.17) is 10.00 Å². The van der Waals surface area contributed by atoms with Gasteiger partial charge in [0.2, 0.25) is 0 Å². The van der Waals surface area contributed by atoms with Crippen molar-refractivity contribution >= 4 is 17.5 Å². The summed E-state index contributed by atoms with van der Waals surface area (Å²) in [6, 6.07) is 15.8. The molecule has 1 atom stereocenters. The lowest BCUT2D eigenvalue weighted by Crippen LogP contribution is -2.32. The van der Waals surface area contributed by atoms with Gasteiger partial charge < -0.3 is 15.4 Å². The van der Waals surface area contributed by atoms with Crippen molar-refractivity contribution in [1.29, 1.82) is 5.26 Å². The van der Waals surface area contributed by atoms with Crippen molar-refractivity contribution in [2.24, 2.45) is 0 Å². The first-order valence-electron chi connectivity index (χ1n) is 8.45. The number of nitriles is 1. The molecule has 132 valence electrons. The van der Waals surface area contributed by atoms with Crippen LogP contribution in [0.3, 0.4) is 0 Å². The van der Waals surface area contributed by atoms with Crippen molar-refractivity contribution in [3.05, 3.63) is 59.7 Å². The Kier molecular flexibility index (Phi) is 5.18. The second kappa shape index (κ2) is 7.70. The first-order chi connectivity index (χ1) is 12.6. The zero-order chi connectivity index (χ0) is 18.5. The maximum Gasteiger partial charge on any atom is 0.265 e. The van der Waals surface area contributed by atoms with Gasteiger partial charge in [-0.05, 0) is 44.0 Å². The molecule has 2 aromatic carbocycles. The monoisotopic (exact) mass is 349 g/mol. The van der Waals surface area contributed by atoms with E-state index in [-0.39, 0.29) is 11.9 Å². The number of hydrogen-bond acceptors (Lipinski definition) is 4. The zero-order valence-corrected chi connectivity index (χ0v) is 14.4. The summed E-state index contributed by atoms with van der Waals surface area (Å²) in [6.07, 6.45) is 1.15. The van der Waals surface area contributed by atoms with Crippen LogP contribution < -0.4 is 15.4 Å². The molecule has 2 aromatic rings. The van der Waals surface area contributed by atoms with E-state index in [0.717, 1.165) is 12.8 Å². The van der Waals surface area contributed by atoms with Gasteiger partial charge in [-0.1, -0.05) is 24.3 Å². The average molecular weight is 349 g/mol. The van der Waals surface area contributed by atoms with Gasteiger partial charge in [-0.2, -0.15) is 5.26 Å². The number of para-hydroxylation sites is 2. The third-order valence-corrected chi connectivity index (χ3v) is 4.02. The number of amides is 2. The number of carbonyl (C=O) groups excluding carboxylic acids is 2. The summed E-state index contributed by atoms with van der Waals surface area (Å²) < 4.78 is 5.61. The van der Waals surface area contributed by atoms with Crippen LogP contribution in [0.2, 0.25) is 0 Å². The Bertz CT molecular complexity index is 869. The second-order valence-electron chi connectivity index (χ2n) is 6.15. The second-order valence-corrected chi connectivity index (χ2v) is 6.15. The maximum absolute atomic E-state index is 12.5. The lowest BCUT2D eigenvalue weighted by molar-refractivity contribution is -0.122. The minimum absolute atomic E-state index is 0.202. The summed E-state index contributed by atoms with van der Waals surface area (Å²) in [5, 5.41) is 14.7. The van der Waals surface area contributed by atoms with Crippen LogP contribution in [0.4, 0.5) is 5.69 Å². The van der Waals surface area contributed by atoms with Gasteiger partial charge >= 0.3 is 0 Å². The number of nitrogens with zero attached hydrogens (tertiary/aromatic N) is 1. The number of carbonyl (C=O) groups is 2. The summed E-state index contributed by atoms with van der Waals surface area (Å²) in [6.45, 7) is 1.59. The quantitative estimate of drug-likeness (QED) is 0.839. The van der Waals surface area contributed by atoms with E-state index >= 15 is 0 Å². The van der Waals surface area contributed by atoms with Crippen LogP contribution in [0.1, 0.15) is 35.7 Å². The number of nitrogens with one attached hydrogen (secondary N) is 2. The third-order valence-electron chi connectivity index (χ3n) is 4.02. The van der Waals surface area contributed by atoms with Crippen LogP contribution in [0, 0.1) is 11.3 Å². The number of ether oxygens (including phenoxy) is 1. The van der Waals surface area contributed by atoms with Gasteiger partial charge in [-0.15, -0.1) is 0 Å². The van der Waals surface area contributed by atoms with E-state index in [2.05, 4.69) is 10.6 Å². The Morgan fingerprint density at radius 1 is 1.15 bits per heavy atom. The highest BCUT2D eigenvalue weighted by molar-refractivity contribution is 6.04. The lowest BCUT2D eigenvalue weighted by atomic mass is 10.1. The molecule has 6 nitrogen and oxygen atoms in total. The molecule has 2 amide bonds. The molecule has 3 rings (SSSR count). The Morgan fingerprint density at radius 3 is 2.58 bits per heavy atom. The standard InChI is InChI=1S/C20H19N3O3/c1-13(26-18-9-5-2-6-14(18)12-21)19(24)23-17-8-4-3-7-16(17)20(25)22-15-10-11-15/h2-9,13,15H,10-11H2,1H3,(H,22,25)(H,23,24).